The number of rotatable bonds is 2. The van der Waals surface area contributed by atoms with E-state index in [0.29, 0.717) is 11.1 Å². The van der Waals surface area contributed by atoms with Crippen molar-refractivity contribution in [1.29, 1.82) is 0 Å². The van der Waals surface area contributed by atoms with Gasteiger partial charge in [-0.3, -0.25) is 0 Å². The van der Waals surface area contributed by atoms with Crippen LogP contribution in [-0.2, 0) is 0 Å². The number of aliphatic hydroxyl groups is 1. The molecule has 0 amide bonds. The van der Waals surface area contributed by atoms with Crippen molar-refractivity contribution in [2.24, 2.45) is 5.92 Å². The molecule has 88 valence electrons. The molecule has 0 aliphatic carbocycles. The molecule has 2 heterocycles. The lowest BCUT2D eigenvalue weighted by Crippen LogP contribution is -2.37. The van der Waals surface area contributed by atoms with Gasteiger partial charge in [0, 0.05) is 25.3 Å². The van der Waals surface area contributed by atoms with E-state index in [-0.39, 0.29) is 6.61 Å². The summed E-state index contributed by atoms with van der Waals surface area (Å²) in [7, 11) is 0. The first kappa shape index (κ1) is 11.6. The molecular weight excluding hydrogens is 226 g/mol. The molecule has 0 aromatic carbocycles. The van der Waals surface area contributed by atoms with Gasteiger partial charge in [-0.05, 0) is 25.7 Å². The topological polar surface area (TPSA) is 49.2 Å². The monoisotopic (exact) mass is 241 g/mol. The molecule has 16 heavy (non-hydrogen) atoms. The maximum absolute atomic E-state index is 9.19. The number of hydrogen-bond acceptors (Lipinski definition) is 4. The van der Waals surface area contributed by atoms with Gasteiger partial charge in [-0.25, -0.2) is 9.97 Å². The molecule has 1 unspecified atom stereocenters. The second-order valence-electron chi connectivity index (χ2n) is 4.25. The third-order valence-electron chi connectivity index (χ3n) is 3.07. The zero-order valence-corrected chi connectivity index (χ0v) is 10.1. The van der Waals surface area contributed by atoms with Crippen LogP contribution in [0.4, 0.5) is 5.82 Å². The van der Waals surface area contributed by atoms with Crippen LogP contribution in [0.15, 0.2) is 6.33 Å². The smallest absolute Gasteiger partial charge is 0.137 e. The fourth-order valence-electron chi connectivity index (χ4n) is 2.15. The number of nitrogens with zero attached hydrogens (tertiary/aromatic N) is 3. The molecule has 4 nitrogen and oxygen atoms in total. The highest BCUT2D eigenvalue weighted by atomic mass is 35.5. The first-order chi connectivity index (χ1) is 7.72. The summed E-state index contributed by atoms with van der Waals surface area (Å²) in [5, 5.41) is 9.70. The third kappa shape index (κ3) is 2.28. The van der Waals surface area contributed by atoms with E-state index in [2.05, 4.69) is 14.9 Å². The fourth-order valence-corrected chi connectivity index (χ4v) is 2.27. The van der Waals surface area contributed by atoms with Gasteiger partial charge in [-0.15, -0.1) is 0 Å². The van der Waals surface area contributed by atoms with E-state index in [0.717, 1.165) is 37.3 Å². The van der Waals surface area contributed by atoms with Gasteiger partial charge < -0.3 is 10.0 Å². The van der Waals surface area contributed by atoms with Crippen molar-refractivity contribution in [2.45, 2.75) is 19.8 Å². The highest BCUT2D eigenvalue weighted by Crippen LogP contribution is 2.26. The van der Waals surface area contributed by atoms with Gasteiger partial charge in [0.2, 0.25) is 0 Å². The zero-order chi connectivity index (χ0) is 11.5. The molecule has 1 aromatic heterocycles. The highest BCUT2D eigenvalue weighted by molar-refractivity contribution is 6.30. The summed E-state index contributed by atoms with van der Waals surface area (Å²) in [5.74, 6) is 1.25. The second kappa shape index (κ2) is 4.97. The Hall–Kier alpha value is -0.870. The summed E-state index contributed by atoms with van der Waals surface area (Å²) < 4.78 is 0. The van der Waals surface area contributed by atoms with Crippen LogP contribution in [0.1, 0.15) is 18.4 Å². The Bertz CT molecular complexity index is 372. The standard InChI is InChI=1S/C11H16ClN3O/c1-8-10(12)13-7-14-11(8)15-4-2-3-9(5-15)6-16/h7,9,16H,2-6H2,1H3. The maximum atomic E-state index is 9.19. The van der Waals surface area contributed by atoms with Crippen molar-refractivity contribution >= 4 is 17.4 Å². The van der Waals surface area contributed by atoms with Crippen molar-refractivity contribution in [3.05, 3.63) is 17.0 Å². The van der Waals surface area contributed by atoms with E-state index < -0.39 is 0 Å². The first-order valence-corrected chi connectivity index (χ1v) is 5.93. The Morgan fingerprint density at radius 3 is 3.12 bits per heavy atom. The summed E-state index contributed by atoms with van der Waals surface area (Å²) in [6.45, 7) is 4.00. The summed E-state index contributed by atoms with van der Waals surface area (Å²) in [6, 6.07) is 0. The molecule has 1 aromatic rings. The molecule has 1 saturated heterocycles. The van der Waals surface area contributed by atoms with E-state index in [1.54, 1.807) is 0 Å². The number of halogens is 1. The zero-order valence-electron chi connectivity index (χ0n) is 9.36. The second-order valence-corrected chi connectivity index (χ2v) is 4.61. The Kier molecular flexibility index (Phi) is 3.61. The SMILES string of the molecule is Cc1c(Cl)ncnc1N1CCCC(CO)C1. The summed E-state index contributed by atoms with van der Waals surface area (Å²) in [5.41, 5.74) is 0.919. The largest absolute Gasteiger partial charge is 0.396 e. The van der Waals surface area contributed by atoms with E-state index in [1.165, 1.54) is 6.33 Å². The first-order valence-electron chi connectivity index (χ1n) is 5.55. The number of aromatic nitrogens is 2. The molecule has 1 atom stereocenters. The Morgan fingerprint density at radius 1 is 1.56 bits per heavy atom. The fraction of sp³-hybridized carbons (Fsp3) is 0.636. The van der Waals surface area contributed by atoms with E-state index in [9.17, 15) is 5.11 Å². The normalized spacial score (nSPS) is 21.2. The van der Waals surface area contributed by atoms with Gasteiger partial charge in [-0.1, -0.05) is 11.6 Å². The van der Waals surface area contributed by atoms with Gasteiger partial charge in [-0.2, -0.15) is 0 Å². The number of hydrogen-bond donors (Lipinski definition) is 1. The molecule has 1 aliphatic rings. The predicted molar refractivity (Wildman–Crippen MR) is 63.8 cm³/mol. The van der Waals surface area contributed by atoms with Crippen LogP contribution in [0.25, 0.3) is 0 Å². The third-order valence-corrected chi connectivity index (χ3v) is 3.45. The van der Waals surface area contributed by atoms with Crippen molar-refractivity contribution in [1.82, 2.24) is 9.97 Å². The Morgan fingerprint density at radius 2 is 2.38 bits per heavy atom. The highest BCUT2D eigenvalue weighted by Gasteiger charge is 2.22. The average Bonchev–Trinajstić information content (AvgIpc) is 2.33. The molecule has 2 rings (SSSR count). The van der Waals surface area contributed by atoms with Crippen molar-refractivity contribution in [2.75, 3.05) is 24.6 Å². The molecule has 5 heteroatoms. The van der Waals surface area contributed by atoms with Crippen molar-refractivity contribution in [3.63, 3.8) is 0 Å². The van der Waals surface area contributed by atoms with Gasteiger partial charge >= 0.3 is 0 Å². The van der Waals surface area contributed by atoms with Crippen molar-refractivity contribution in [3.8, 4) is 0 Å². The molecule has 1 aliphatic heterocycles. The van der Waals surface area contributed by atoms with Crippen LogP contribution in [-0.4, -0.2) is 34.8 Å². The molecule has 1 fully saturated rings. The molecule has 0 saturated carbocycles. The van der Waals surface area contributed by atoms with E-state index in [1.807, 2.05) is 6.92 Å². The minimum Gasteiger partial charge on any atom is -0.396 e. The van der Waals surface area contributed by atoms with Crippen LogP contribution in [0.3, 0.4) is 0 Å². The average molecular weight is 242 g/mol. The summed E-state index contributed by atoms with van der Waals surface area (Å²) >= 11 is 5.98. The van der Waals surface area contributed by atoms with Crippen LogP contribution in [0.2, 0.25) is 5.15 Å². The molecule has 0 radical (unpaired) electrons. The predicted octanol–water partition coefficient (Wildman–Crippen LogP) is 1.65. The minimum atomic E-state index is 0.244. The summed E-state index contributed by atoms with van der Waals surface area (Å²) in [6.07, 6.45) is 3.67. The van der Waals surface area contributed by atoms with Crippen molar-refractivity contribution < 1.29 is 5.11 Å². The maximum Gasteiger partial charge on any atom is 0.137 e. The number of anilines is 1. The van der Waals surface area contributed by atoms with Crippen LogP contribution < -0.4 is 4.90 Å². The number of piperidine rings is 1. The van der Waals surface area contributed by atoms with E-state index >= 15 is 0 Å². The van der Waals surface area contributed by atoms with Gasteiger partial charge in [0.05, 0.1) is 0 Å². The lowest BCUT2D eigenvalue weighted by molar-refractivity contribution is 0.208. The van der Waals surface area contributed by atoms with Gasteiger partial charge in [0.15, 0.2) is 0 Å². The lowest BCUT2D eigenvalue weighted by Gasteiger charge is -2.33. The molecule has 1 N–H and O–H groups in total. The quantitative estimate of drug-likeness (QED) is 0.800. The van der Waals surface area contributed by atoms with Gasteiger partial charge in [0.1, 0.15) is 17.3 Å². The van der Waals surface area contributed by atoms with Crippen LogP contribution in [0.5, 0.6) is 0 Å². The lowest BCUT2D eigenvalue weighted by atomic mass is 9.99. The van der Waals surface area contributed by atoms with Crippen LogP contribution in [0, 0.1) is 12.8 Å². The van der Waals surface area contributed by atoms with Crippen LogP contribution >= 0.6 is 11.6 Å². The van der Waals surface area contributed by atoms with E-state index in [4.69, 9.17) is 11.6 Å². The molecular formula is C11H16ClN3O. The Labute approximate surface area is 100 Å². The minimum absolute atomic E-state index is 0.244. The van der Waals surface area contributed by atoms with Gasteiger partial charge in [0.25, 0.3) is 0 Å². The molecule has 0 bridgehead atoms. The number of aliphatic hydroxyl groups excluding tert-OH is 1. The Balaban J connectivity index is 2.20. The molecule has 0 spiro atoms. The summed E-state index contributed by atoms with van der Waals surface area (Å²) in [4.78, 5) is 10.4.